The third-order valence-electron chi connectivity index (χ3n) is 3.48. The summed E-state index contributed by atoms with van der Waals surface area (Å²) in [6, 6.07) is 6.25. The zero-order chi connectivity index (χ0) is 14.5. The van der Waals surface area contributed by atoms with E-state index in [0.29, 0.717) is 0 Å². The summed E-state index contributed by atoms with van der Waals surface area (Å²) >= 11 is 0. The average Bonchev–Trinajstić information content (AvgIpc) is 2.38. The van der Waals surface area contributed by atoms with E-state index in [2.05, 4.69) is 45.1 Å². The minimum atomic E-state index is 0.115. The van der Waals surface area contributed by atoms with E-state index >= 15 is 0 Å². The standard InChI is InChI=1S/C16H27NO2/c1-6-12(11-18)10-17-14-9-13(16(2,3)4)7-8-15(14)19-5/h7-9,12,17-18H,6,10-11H2,1-5H3. The molecule has 0 heterocycles. The highest BCUT2D eigenvalue weighted by molar-refractivity contribution is 5.59. The van der Waals surface area contributed by atoms with Crippen LogP contribution in [0.4, 0.5) is 5.69 Å². The number of aliphatic hydroxyl groups is 1. The molecule has 0 radical (unpaired) electrons. The van der Waals surface area contributed by atoms with Crippen molar-refractivity contribution in [3.05, 3.63) is 23.8 Å². The predicted octanol–water partition coefficient (Wildman–Crippen LogP) is 3.42. The molecule has 3 nitrogen and oxygen atoms in total. The second-order valence-electron chi connectivity index (χ2n) is 6.00. The van der Waals surface area contributed by atoms with Crippen LogP contribution in [0.3, 0.4) is 0 Å². The predicted molar refractivity (Wildman–Crippen MR) is 81.1 cm³/mol. The van der Waals surface area contributed by atoms with Gasteiger partial charge in [-0.25, -0.2) is 0 Å². The lowest BCUT2D eigenvalue weighted by Crippen LogP contribution is -2.18. The zero-order valence-corrected chi connectivity index (χ0v) is 12.8. The first-order chi connectivity index (χ1) is 8.92. The number of rotatable bonds is 6. The van der Waals surface area contributed by atoms with Gasteiger partial charge in [-0.1, -0.05) is 33.8 Å². The summed E-state index contributed by atoms with van der Waals surface area (Å²) in [5.41, 5.74) is 2.39. The van der Waals surface area contributed by atoms with Gasteiger partial charge in [-0.15, -0.1) is 0 Å². The van der Waals surface area contributed by atoms with Crippen LogP contribution < -0.4 is 10.1 Å². The first kappa shape index (κ1) is 15.8. The van der Waals surface area contributed by atoms with Crippen LogP contribution in [0.5, 0.6) is 5.75 Å². The number of hydrogen-bond acceptors (Lipinski definition) is 3. The van der Waals surface area contributed by atoms with Crippen molar-refractivity contribution < 1.29 is 9.84 Å². The van der Waals surface area contributed by atoms with E-state index in [-0.39, 0.29) is 17.9 Å². The minimum Gasteiger partial charge on any atom is -0.495 e. The maximum absolute atomic E-state index is 9.24. The Balaban J connectivity index is 2.90. The van der Waals surface area contributed by atoms with Crippen LogP contribution in [0, 0.1) is 5.92 Å². The second kappa shape index (κ2) is 6.80. The Morgan fingerprint density at radius 3 is 2.47 bits per heavy atom. The molecule has 0 aliphatic heterocycles. The lowest BCUT2D eigenvalue weighted by Gasteiger charge is -2.22. The molecular weight excluding hydrogens is 238 g/mol. The van der Waals surface area contributed by atoms with Crippen molar-refractivity contribution in [1.82, 2.24) is 0 Å². The smallest absolute Gasteiger partial charge is 0.141 e. The maximum Gasteiger partial charge on any atom is 0.141 e. The van der Waals surface area contributed by atoms with Gasteiger partial charge in [-0.2, -0.15) is 0 Å². The van der Waals surface area contributed by atoms with E-state index in [1.54, 1.807) is 7.11 Å². The van der Waals surface area contributed by atoms with Crippen molar-refractivity contribution >= 4 is 5.69 Å². The Morgan fingerprint density at radius 1 is 1.32 bits per heavy atom. The third-order valence-corrected chi connectivity index (χ3v) is 3.48. The number of benzene rings is 1. The van der Waals surface area contributed by atoms with Gasteiger partial charge in [0.1, 0.15) is 5.75 Å². The molecular formula is C16H27NO2. The van der Waals surface area contributed by atoms with Gasteiger partial charge in [0.25, 0.3) is 0 Å². The van der Waals surface area contributed by atoms with Crippen molar-refractivity contribution in [3.63, 3.8) is 0 Å². The molecule has 0 bridgehead atoms. The normalized spacial score (nSPS) is 13.2. The van der Waals surface area contributed by atoms with Crippen LogP contribution in [0.2, 0.25) is 0 Å². The van der Waals surface area contributed by atoms with Crippen LogP contribution in [-0.4, -0.2) is 25.4 Å². The van der Waals surface area contributed by atoms with Crippen LogP contribution in [0.15, 0.2) is 18.2 Å². The minimum absolute atomic E-state index is 0.115. The van der Waals surface area contributed by atoms with Crippen LogP contribution in [-0.2, 0) is 5.41 Å². The van der Waals surface area contributed by atoms with Gasteiger partial charge in [0, 0.05) is 13.2 Å². The van der Waals surface area contributed by atoms with Gasteiger partial charge >= 0.3 is 0 Å². The van der Waals surface area contributed by atoms with Crippen molar-refractivity contribution in [2.24, 2.45) is 5.92 Å². The molecule has 1 aromatic rings. The molecule has 1 atom stereocenters. The molecule has 108 valence electrons. The highest BCUT2D eigenvalue weighted by Gasteiger charge is 2.16. The molecule has 0 amide bonds. The molecule has 0 saturated carbocycles. The Labute approximate surface area is 117 Å². The van der Waals surface area contributed by atoms with E-state index < -0.39 is 0 Å². The maximum atomic E-state index is 9.24. The van der Waals surface area contributed by atoms with Crippen molar-refractivity contribution in [2.75, 3.05) is 25.6 Å². The highest BCUT2D eigenvalue weighted by Crippen LogP contribution is 2.31. The molecule has 0 aromatic heterocycles. The van der Waals surface area contributed by atoms with E-state index in [1.165, 1.54) is 5.56 Å². The molecule has 1 aromatic carbocycles. The summed E-state index contributed by atoms with van der Waals surface area (Å²) in [4.78, 5) is 0. The van der Waals surface area contributed by atoms with Gasteiger partial charge in [0.05, 0.1) is 12.8 Å². The molecule has 3 heteroatoms. The SMILES string of the molecule is CCC(CO)CNc1cc(C(C)(C)C)ccc1OC. The van der Waals surface area contributed by atoms with E-state index in [1.807, 2.05) is 6.07 Å². The molecule has 19 heavy (non-hydrogen) atoms. The quantitative estimate of drug-likeness (QED) is 0.828. The van der Waals surface area contributed by atoms with Gasteiger partial charge in [0.15, 0.2) is 0 Å². The number of methoxy groups -OCH3 is 1. The molecule has 1 rings (SSSR count). The van der Waals surface area contributed by atoms with Crippen molar-refractivity contribution in [2.45, 2.75) is 39.5 Å². The summed E-state index contributed by atoms with van der Waals surface area (Å²) < 4.78 is 5.39. The molecule has 0 aliphatic rings. The fraction of sp³-hybridized carbons (Fsp3) is 0.625. The fourth-order valence-electron chi connectivity index (χ4n) is 1.90. The molecule has 2 N–H and O–H groups in total. The monoisotopic (exact) mass is 265 g/mol. The molecule has 0 spiro atoms. The summed E-state index contributed by atoms with van der Waals surface area (Å²) in [6.45, 7) is 9.65. The van der Waals surface area contributed by atoms with Crippen molar-refractivity contribution in [1.29, 1.82) is 0 Å². The van der Waals surface area contributed by atoms with Crippen LogP contribution in [0.25, 0.3) is 0 Å². The summed E-state index contributed by atoms with van der Waals surface area (Å²) in [5.74, 6) is 1.13. The number of anilines is 1. The molecule has 0 fully saturated rings. The van der Waals surface area contributed by atoms with Crippen LogP contribution in [0.1, 0.15) is 39.7 Å². The summed E-state index contributed by atoms with van der Waals surface area (Å²) in [5, 5.41) is 12.6. The highest BCUT2D eigenvalue weighted by atomic mass is 16.5. The summed E-state index contributed by atoms with van der Waals surface area (Å²) in [7, 11) is 1.68. The van der Waals surface area contributed by atoms with Crippen LogP contribution >= 0.6 is 0 Å². The van der Waals surface area contributed by atoms with E-state index in [9.17, 15) is 5.11 Å². The fourth-order valence-corrected chi connectivity index (χ4v) is 1.90. The number of nitrogens with one attached hydrogen (secondary N) is 1. The number of aliphatic hydroxyl groups excluding tert-OH is 1. The van der Waals surface area contributed by atoms with Gasteiger partial charge < -0.3 is 15.2 Å². The second-order valence-corrected chi connectivity index (χ2v) is 6.00. The third kappa shape index (κ3) is 4.43. The Hall–Kier alpha value is -1.22. The van der Waals surface area contributed by atoms with Gasteiger partial charge in [0.2, 0.25) is 0 Å². The Kier molecular flexibility index (Phi) is 5.67. The number of hydrogen-bond donors (Lipinski definition) is 2. The Morgan fingerprint density at radius 2 is 2.00 bits per heavy atom. The van der Waals surface area contributed by atoms with E-state index in [4.69, 9.17) is 4.74 Å². The van der Waals surface area contributed by atoms with Gasteiger partial charge in [-0.3, -0.25) is 0 Å². The van der Waals surface area contributed by atoms with E-state index in [0.717, 1.165) is 24.4 Å². The van der Waals surface area contributed by atoms with Gasteiger partial charge in [-0.05, 0) is 35.4 Å². The lowest BCUT2D eigenvalue weighted by atomic mass is 9.87. The number of ether oxygens (including phenoxy) is 1. The zero-order valence-electron chi connectivity index (χ0n) is 12.8. The molecule has 0 aliphatic carbocycles. The molecule has 1 unspecified atom stereocenters. The summed E-state index contributed by atoms with van der Waals surface area (Å²) in [6.07, 6.45) is 0.963. The topological polar surface area (TPSA) is 41.5 Å². The first-order valence-corrected chi connectivity index (χ1v) is 6.95. The molecule has 0 saturated heterocycles. The average molecular weight is 265 g/mol. The lowest BCUT2D eigenvalue weighted by molar-refractivity contribution is 0.230. The largest absolute Gasteiger partial charge is 0.495 e. The Bertz CT molecular complexity index is 392. The first-order valence-electron chi connectivity index (χ1n) is 6.95. The van der Waals surface area contributed by atoms with Crippen molar-refractivity contribution in [3.8, 4) is 5.75 Å².